The average molecular weight is 256 g/mol. The normalized spacial score (nSPS) is 26.5. The van der Waals surface area contributed by atoms with Crippen molar-refractivity contribution >= 4 is 6.16 Å². The molecule has 18 heavy (non-hydrogen) atoms. The van der Waals surface area contributed by atoms with Gasteiger partial charge in [0.25, 0.3) is 0 Å². The van der Waals surface area contributed by atoms with E-state index in [2.05, 4.69) is 13.8 Å². The van der Waals surface area contributed by atoms with Crippen molar-refractivity contribution in [3.05, 3.63) is 0 Å². The summed E-state index contributed by atoms with van der Waals surface area (Å²) in [6, 6.07) is 0. The Bertz CT molecular complexity index is 267. The van der Waals surface area contributed by atoms with Gasteiger partial charge in [0, 0.05) is 0 Å². The summed E-state index contributed by atoms with van der Waals surface area (Å²) in [5.74, 6) is 1.41. The van der Waals surface area contributed by atoms with Crippen LogP contribution in [0, 0.1) is 11.8 Å². The fourth-order valence-corrected chi connectivity index (χ4v) is 2.55. The van der Waals surface area contributed by atoms with Gasteiger partial charge in [-0.15, -0.1) is 0 Å². The molecule has 0 bridgehead atoms. The molecule has 0 aromatic rings. The highest BCUT2D eigenvalue weighted by atomic mass is 16.7. The van der Waals surface area contributed by atoms with Crippen molar-refractivity contribution in [3.63, 3.8) is 0 Å². The Hall–Kier alpha value is -0.730. The minimum absolute atomic E-state index is 0.0487. The maximum Gasteiger partial charge on any atom is 0.509 e. The lowest BCUT2D eigenvalue weighted by atomic mass is 9.78. The van der Waals surface area contributed by atoms with Gasteiger partial charge < -0.3 is 9.47 Å². The summed E-state index contributed by atoms with van der Waals surface area (Å²) in [5, 5.41) is 0. The molecule has 3 nitrogen and oxygen atoms in total. The fraction of sp³-hybridized carbons (Fsp3) is 0.933. The van der Waals surface area contributed by atoms with Crippen LogP contribution in [0.3, 0.4) is 0 Å². The second-order valence-corrected chi connectivity index (χ2v) is 6.52. The van der Waals surface area contributed by atoms with Gasteiger partial charge in [-0.2, -0.15) is 0 Å². The molecule has 1 aliphatic carbocycles. The lowest BCUT2D eigenvalue weighted by Gasteiger charge is -2.32. The molecule has 0 N–H and O–H groups in total. The van der Waals surface area contributed by atoms with Crippen molar-refractivity contribution in [1.82, 2.24) is 0 Å². The number of hydrogen-bond acceptors (Lipinski definition) is 3. The highest BCUT2D eigenvalue weighted by Gasteiger charge is 2.29. The summed E-state index contributed by atoms with van der Waals surface area (Å²) in [6.07, 6.45) is 5.13. The van der Waals surface area contributed by atoms with Crippen LogP contribution in [0.4, 0.5) is 4.79 Å². The first-order valence-electron chi connectivity index (χ1n) is 7.21. The molecule has 0 aliphatic heterocycles. The number of carbonyl (C=O) groups excluding carboxylic acids is 1. The molecule has 1 aliphatic rings. The molecular weight excluding hydrogens is 228 g/mol. The molecular formula is C15H28O3. The van der Waals surface area contributed by atoms with Crippen molar-refractivity contribution in [1.29, 1.82) is 0 Å². The number of ether oxygens (including phenoxy) is 2. The van der Waals surface area contributed by atoms with Crippen LogP contribution in [-0.2, 0) is 9.47 Å². The maximum absolute atomic E-state index is 11.6. The van der Waals surface area contributed by atoms with E-state index < -0.39 is 11.8 Å². The van der Waals surface area contributed by atoms with Gasteiger partial charge >= 0.3 is 6.16 Å². The van der Waals surface area contributed by atoms with Crippen LogP contribution in [0.25, 0.3) is 0 Å². The van der Waals surface area contributed by atoms with Gasteiger partial charge in [0.15, 0.2) is 0 Å². The Labute approximate surface area is 111 Å². The van der Waals surface area contributed by atoms with E-state index in [0.717, 1.165) is 25.2 Å². The maximum atomic E-state index is 11.6. The molecule has 1 fully saturated rings. The van der Waals surface area contributed by atoms with E-state index in [4.69, 9.17) is 9.47 Å². The summed E-state index contributed by atoms with van der Waals surface area (Å²) in [6.45, 7) is 10.1. The quantitative estimate of drug-likeness (QED) is 0.695. The Morgan fingerprint density at radius 3 is 2.56 bits per heavy atom. The van der Waals surface area contributed by atoms with Crippen molar-refractivity contribution in [3.8, 4) is 0 Å². The standard InChI is InChI=1S/C15H28O3/c1-6-11(2)12-8-7-9-13(10-12)17-14(16)18-15(3,4)5/h11-13H,6-10H2,1-5H3. The predicted molar refractivity (Wildman–Crippen MR) is 72.5 cm³/mol. The van der Waals surface area contributed by atoms with Gasteiger partial charge in [0.2, 0.25) is 0 Å². The molecule has 0 saturated heterocycles. The fourth-order valence-electron chi connectivity index (χ4n) is 2.55. The molecule has 0 spiro atoms. The Morgan fingerprint density at radius 1 is 1.33 bits per heavy atom. The van der Waals surface area contributed by atoms with Gasteiger partial charge in [-0.3, -0.25) is 0 Å². The van der Waals surface area contributed by atoms with Gasteiger partial charge in [-0.1, -0.05) is 20.3 Å². The van der Waals surface area contributed by atoms with Crippen LogP contribution in [0.1, 0.15) is 66.7 Å². The first-order chi connectivity index (χ1) is 8.31. The van der Waals surface area contributed by atoms with Crippen LogP contribution in [0.2, 0.25) is 0 Å². The summed E-state index contributed by atoms with van der Waals surface area (Å²) in [7, 11) is 0. The van der Waals surface area contributed by atoms with Crippen LogP contribution < -0.4 is 0 Å². The van der Waals surface area contributed by atoms with Crippen LogP contribution in [0.5, 0.6) is 0 Å². The van der Waals surface area contributed by atoms with Gasteiger partial charge in [-0.25, -0.2) is 4.79 Å². The first kappa shape index (κ1) is 15.3. The summed E-state index contributed by atoms with van der Waals surface area (Å²) < 4.78 is 10.6. The third kappa shape index (κ3) is 5.28. The third-order valence-corrected chi connectivity index (χ3v) is 3.77. The zero-order valence-electron chi connectivity index (χ0n) is 12.5. The average Bonchev–Trinajstić information content (AvgIpc) is 2.25. The van der Waals surface area contributed by atoms with Gasteiger partial charge in [0.1, 0.15) is 11.7 Å². The molecule has 106 valence electrons. The second-order valence-electron chi connectivity index (χ2n) is 6.52. The largest absolute Gasteiger partial charge is 0.509 e. The summed E-state index contributed by atoms with van der Waals surface area (Å²) >= 11 is 0. The monoisotopic (exact) mass is 256 g/mol. The van der Waals surface area contributed by atoms with Crippen molar-refractivity contribution in [2.24, 2.45) is 11.8 Å². The van der Waals surface area contributed by atoms with E-state index in [1.807, 2.05) is 20.8 Å². The van der Waals surface area contributed by atoms with E-state index in [9.17, 15) is 4.79 Å². The minimum Gasteiger partial charge on any atom is -0.431 e. The summed E-state index contributed by atoms with van der Waals surface area (Å²) in [4.78, 5) is 11.6. The van der Waals surface area contributed by atoms with Crippen LogP contribution >= 0.6 is 0 Å². The predicted octanol–water partition coefficient (Wildman–Crippen LogP) is 4.54. The van der Waals surface area contributed by atoms with Crippen LogP contribution in [0.15, 0.2) is 0 Å². The number of hydrogen-bond donors (Lipinski definition) is 0. The van der Waals surface area contributed by atoms with Crippen molar-refractivity contribution in [2.75, 3.05) is 0 Å². The molecule has 0 aromatic carbocycles. The van der Waals surface area contributed by atoms with Crippen LogP contribution in [-0.4, -0.2) is 17.9 Å². The van der Waals surface area contributed by atoms with E-state index in [1.54, 1.807) is 0 Å². The Morgan fingerprint density at radius 2 is 2.00 bits per heavy atom. The minimum atomic E-state index is -0.516. The van der Waals surface area contributed by atoms with Crippen molar-refractivity contribution < 1.29 is 14.3 Å². The molecule has 0 aromatic heterocycles. The van der Waals surface area contributed by atoms with E-state index in [1.165, 1.54) is 12.8 Å². The third-order valence-electron chi connectivity index (χ3n) is 3.77. The van der Waals surface area contributed by atoms with Crippen molar-refractivity contribution in [2.45, 2.75) is 78.4 Å². The number of carbonyl (C=O) groups is 1. The highest BCUT2D eigenvalue weighted by molar-refractivity contribution is 5.60. The zero-order valence-corrected chi connectivity index (χ0v) is 12.5. The molecule has 3 atom stereocenters. The summed E-state index contributed by atoms with van der Waals surface area (Å²) in [5.41, 5.74) is -0.470. The van der Waals surface area contributed by atoms with Gasteiger partial charge in [-0.05, 0) is 58.3 Å². The molecule has 1 rings (SSSR count). The van der Waals surface area contributed by atoms with Gasteiger partial charge in [0.05, 0.1) is 0 Å². The molecule has 3 unspecified atom stereocenters. The highest BCUT2D eigenvalue weighted by Crippen LogP contribution is 2.33. The second kappa shape index (κ2) is 6.44. The van der Waals surface area contributed by atoms with E-state index >= 15 is 0 Å². The molecule has 0 radical (unpaired) electrons. The van der Waals surface area contributed by atoms with E-state index in [-0.39, 0.29) is 6.10 Å². The SMILES string of the molecule is CCC(C)C1CCCC(OC(=O)OC(C)(C)C)C1. The zero-order chi connectivity index (χ0) is 13.8. The Balaban J connectivity index is 2.40. The molecule has 0 amide bonds. The lowest BCUT2D eigenvalue weighted by molar-refractivity contribution is -0.0408. The Kier molecular flexibility index (Phi) is 5.48. The molecule has 1 saturated carbocycles. The topological polar surface area (TPSA) is 35.5 Å². The smallest absolute Gasteiger partial charge is 0.431 e. The van der Waals surface area contributed by atoms with E-state index in [0.29, 0.717) is 5.92 Å². The molecule has 3 heteroatoms. The lowest BCUT2D eigenvalue weighted by Crippen LogP contribution is -2.31. The molecule has 0 heterocycles. The first-order valence-corrected chi connectivity index (χ1v) is 7.21. The number of rotatable bonds is 3.